The Bertz CT molecular complexity index is 751. The van der Waals surface area contributed by atoms with Gasteiger partial charge in [-0.15, -0.1) is 0 Å². The Kier molecular flexibility index (Phi) is 3.29. The molecule has 3 rings (SSSR count). The lowest BCUT2D eigenvalue weighted by atomic mass is 10.1. The summed E-state index contributed by atoms with van der Waals surface area (Å²) in [5, 5.41) is 4.99. The van der Waals surface area contributed by atoms with E-state index < -0.39 is 11.6 Å². The molecule has 1 aromatic heterocycles. The summed E-state index contributed by atoms with van der Waals surface area (Å²) >= 11 is 0. The molecular weight excluding hydrogens is 258 g/mol. The molecule has 20 heavy (non-hydrogen) atoms. The van der Waals surface area contributed by atoms with Crippen LogP contribution in [0.1, 0.15) is 5.56 Å². The maximum Gasteiger partial charge on any atom is 0.146 e. The molecule has 0 bridgehead atoms. The highest BCUT2D eigenvalue weighted by Gasteiger charge is 2.05. The zero-order chi connectivity index (χ0) is 13.9. The molecule has 2 aromatic carbocycles. The minimum Gasteiger partial charge on any atom is -0.378 e. The van der Waals surface area contributed by atoms with Gasteiger partial charge in [-0.05, 0) is 35.2 Å². The first kappa shape index (κ1) is 12.5. The second-order valence-corrected chi connectivity index (χ2v) is 4.49. The molecule has 0 fully saturated rings. The SMILES string of the molecule is Fc1ccc(F)c(NCc2cccc3cnccc23)c1. The van der Waals surface area contributed by atoms with E-state index in [2.05, 4.69) is 10.3 Å². The number of hydrogen-bond acceptors (Lipinski definition) is 2. The van der Waals surface area contributed by atoms with Gasteiger partial charge >= 0.3 is 0 Å². The van der Waals surface area contributed by atoms with E-state index in [-0.39, 0.29) is 5.69 Å². The molecule has 0 saturated carbocycles. The summed E-state index contributed by atoms with van der Waals surface area (Å²) in [4.78, 5) is 4.07. The molecule has 0 aliphatic rings. The van der Waals surface area contributed by atoms with E-state index in [1.807, 2.05) is 24.3 Å². The van der Waals surface area contributed by atoms with Crippen molar-refractivity contribution in [2.75, 3.05) is 5.32 Å². The van der Waals surface area contributed by atoms with Crippen LogP contribution in [0.15, 0.2) is 54.9 Å². The number of nitrogens with zero attached hydrogens (tertiary/aromatic N) is 1. The Hall–Kier alpha value is -2.49. The molecule has 1 N–H and O–H groups in total. The van der Waals surface area contributed by atoms with Crippen LogP contribution in [0.2, 0.25) is 0 Å². The maximum atomic E-state index is 13.5. The summed E-state index contributed by atoms with van der Waals surface area (Å²) in [6, 6.07) is 11.1. The summed E-state index contributed by atoms with van der Waals surface area (Å²) in [5.41, 5.74) is 1.17. The minimum absolute atomic E-state index is 0.163. The van der Waals surface area contributed by atoms with Crippen LogP contribution in [0, 0.1) is 11.6 Å². The fraction of sp³-hybridized carbons (Fsp3) is 0.0625. The Labute approximate surface area is 115 Å². The lowest BCUT2D eigenvalue weighted by Gasteiger charge is -2.10. The van der Waals surface area contributed by atoms with Gasteiger partial charge in [0.1, 0.15) is 11.6 Å². The fourth-order valence-corrected chi connectivity index (χ4v) is 2.17. The predicted molar refractivity (Wildman–Crippen MR) is 75.4 cm³/mol. The summed E-state index contributed by atoms with van der Waals surface area (Å²) in [6.45, 7) is 0.418. The van der Waals surface area contributed by atoms with Gasteiger partial charge < -0.3 is 5.32 Å². The highest BCUT2D eigenvalue weighted by molar-refractivity contribution is 5.84. The van der Waals surface area contributed by atoms with Crippen LogP contribution in [0.25, 0.3) is 10.8 Å². The van der Waals surface area contributed by atoms with Crippen molar-refractivity contribution >= 4 is 16.5 Å². The highest BCUT2D eigenvalue weighted by atomic mass is 19.1. The van der Waals surface area contributed by atoms with Gasteiger partial charge in [0.05, 0.1) is 5.69 Å². The van der Waals surface area contributed by atoms with E-state index in [1.54, 1.807) is 12.4 Å². The van der Waals surface area contributed by atoms with Crippen LogP contribution in [-0.4, -0.2) is 4.98 Å². The van der Waals surface area contributed by atoms with E-state index in [1.165, 1.54) is 0 Å². The van der Waals surface area contributed by atoms with E-state index in [9.17, 15) is 8.78 Å². The Morgan fingerprint density at radius 2 is 1.95 bits per heavy atom. The second kappa shape index (κ2) is 5.25. The van der Waals surface area contributed by atoms with E-state index >= 15 is 0 Å². The smallest absolute Gasteiger partial charge is 0.146 e. The first-order chi connectivity index (χ1) is 9.74. The molecular formula is C16H12F2N2. The van der Waals surface area contributed by atoms with E-state index in [0.717, 1.165) is 34.5 Å². The van der Waals surface area contributed by atoms with Gasteiger partial charge in [0.25, 0.3) is 0 Å². The summed E-state index contributed by atoms with van der Waals surface area (Å²) < 4.78 is 26.7. The number of halogens is 2. The molecule has 0 amide bonds. The molecule has 0 radical (unpaired) electrons. The van der Waals surface area contributed by atoms with Crippen LogP contribution < -0.4 is 5.32 Å². The molecule has 0 aliphatic heterocycles. The van der Waals surface area contributed by atoms with Crippen molar-refractivity contribution in [1.82, 2.24) is 4.98 Å². The lowest BCUT2D eigenvalue weighted by molar-refractivity contribution is 0.602. The van der Waals surface area contributed by atoms with E-state index in [4.69, 9.17) is 0 Å². The third kappa shape index (κ3) is 2.45. The fourth-order valence-electron chi connectivity index (χ4n) is 2.17. The molecule has 0 unspecified atom stereocenters. The minimum atomic E-state index is -0.465. The molecule has 4 heteroatoms. The maximum absolute atomic E-state index is 13.5. The van der Waals surface area contributed by atoms with Crippen LogP contribution in [-0.2, 0) is 6.54 Å². The third-order valence-corrected chi connectivity index (χ3v) is 3.17. The van der Waals surface area contributed by atoms with Crippen molar-refractivity contribution in [1.29, 1.82) is 0 Å². The Morgan fingerprint density at radius 3 is 2.85 bits per heavy atom. The molecule has 100 valence electrons. The number of nitrogens with one attached hydrogen (secondary N) is 1. The molecule has 0 saturated heterocycles. The largest absolute Gasteiger partial charge is 0.378 e. The number of aromatic nitrogens is 1. The van der Waals surface area contributed by atoms with Gasteiger partial charge in [-0.3, -0.25) is 4.98 Å². The number of benzene rings is 2. The third-order valence-electron chi connectivity index (χ3n) is 3.17. The highest BCUT2D eigenvalue weighted by Crippen LogP contribution is 2.20. The monoisotopic (exact) mass is 270 g/mol. The number of pyridine rings is 1. The topological polar surface area (TPSA) is 24.9 Å². The van der Waals surface area contributed by atoms with Crippen molar-refractivity contribution in [3.63, 3.8) is 0 Å². The normalized spacial score (nSPS) is 10.7. The first-order valence-corrected chi connectivity index (χ1v) is 6.24. The molecule has 1 heterocycles. The molecule has 0 spiro atoms. The van der Waals surface area contributed by atoms with Crippen LogP contribution in [0.4, 0.5) is 14.5 Å². The zero-order valence-corrected chi connectivity index (χ0v) is 10.6. The lowest BCUT2D eigenvalue weighted by Crippen LogP contribution is -2.02. The first-order valence-electron chi connectivity index (χ1n) is 6.24. The molecule has 0 atom stereocenters. The Morgan fingerprint density at radius 1 is 1.05 bits per heavy atom. The number of anilines is 1. The number of hydrogen-bond donors (Lipinski definition) is 1. The Balaban J connectivity index is 1.89. The summed E-state index contributed by atoms with van der Waals surface area (Å²) in [6.07, 6.45) is 3.50. The standard InChI is InChI=1S/C16H12F2N2/c17-13-4-5-15(18)16(8-13)20-10-12-3-1-2-11-9-19-7-6-14(11)12/h1-9,20H,10H2. The van der Waals surface area contributed by atoms with Crippen molar-refractivity contribution in [3.8, 4) is 0 Å². The van der Waals surface area contributed by atoms with Crippen molar-refractivity contribution in [2.45, 2.75) is 6.54 Å². The molecule has 3 aromatic rings. The van der Waals surface area contributed by atoms with Crippen molar-refractivity contribution in [3.05, 3.63) is 72.1 Å². The van der Waals surface area contributed by atoms with Gasteiger partial charge in [0.15, 0.2) is 0 Å². The van der Waals surface area contributed by atoms with E-state index in [0.29, 0.717) is 6.54 Å². The summed E-state index contributed by atoms with van der Waals surface area (Å²) in [7, 11) is 0. The number of fused-ring (bicyclic) bond motifs is 1. The summed E-state index contributed by atoms with van der Waals surface area (Å²) in [5.74, 6) is -0.927. The van der Waals surface area contributed by atoms with Crippen molar-refractivity contribution in [2.24, 2.45) is 0 Å². The van der Waals surface area contributed by atoms with Crippen molar-refractivity contribution < 1.29 is 8.78 Å². The van der Waals surface area contributed by atoms with Gasteiger partial charge in [0, 0.05) is 24.3 Å². The second-order valence-electron chi connectivity index (χ2n) is 4.49. The van der Waals surface area contributed by atoms with Crippen LogP contribution in [0.3, 0.4) is 0 Å². The van der Waals surface area contributed by atoms with Gasteiger partial charge in [0.2, 0.25) is 0 Å². The van der Waals surface area contributed by atoms with Gasteiger partial charge in [-0.2, -0.15) is 0 Å². The van der Waals surface area contributed by atoms with Crippen LogP contribution in [0.5, 0.6) is 0 Å². The molecule has 0 aliphatic carbocycles. The van der Waals surface area contributed by atoms with Crippen LogP contribution >= 0.6 is 0 Å². The average molecular weight is 270 g/mol. The van der Waals surface area contributed by atoms with Gasteiger partial charge in [-0.25, -0.2) is 8.78 Å². The molecule has 2 nitrogen and oxygen atoms in total. The predicted octanol–water partition coefficient (Wildman–Crippen LogP) is 4.13. The zero-order valence-electron chi connectivity index (χ0n) is 10.6. The quantitative estimate of drug-likeness (QED) is 0.774. The average Bonchev–Trinajstić information content (AvgIpc) is 2.48. The van der Waals surface area contributed by atoms with Gasteiger partial charge in [-0.1, -0.05) is 18.2 Å². The number of rotatable bonds is 3.